The highest BCUT2D eigenvalue weighted by Crippen LogP contribution is 2.33. The normalized spacial score (nSPS) is 18.1. The first kappa shape index (κ1) is 33.7. The molecule has 2 aliphatic rings. The van der Waals surface area contributed by atoms with Crippen LogP contribution in [0.4, 0.5) is 0 Å². The van der Waals surface area contributed by atoms with Gasteiger partial charge in [-0.25, -0.2) is 4.98 Å². The maximum Gasteiger partial charge on any atom is 0.257 e. The highest BCUT2D eigenvalue weighted by molar-refractivity contribution is 5.97. The third kappa shape index (κ3) is 8.67. The van der Waals surface area contributed by atoms with Crippen molar-refractivity contribution in [3.05, 3.63) is 89.2 Å². The maximum absolute atomic E-state index is 13.8. The standard InChI is InChI=1S/C36H41N5O8/c1-24-30-20-37-34(43)29(17-25-7-4-3-5-8-25)38-33(42)22-41(36(44)27-18-28(48-23-27)21-40-12-15-46-16-13-40)11-6-14-47-32-19-26(35(39-30)49-24)9-10-31(32)45-2/h3-5,7-10,18-19,23,29H,6,11-17,20-22H2,1-2H3,(H,37,43)(H,38,42)/t29-/m1/s1. The monoisotopic (exact) mass is 671 g/mol. The molecule has 13 nitrogen and oxygen atoms in total. The molecular formula is C36H41N5O8. The van der Waals surface area contributed by atoms with Crippen LogP contribution in [-0.2, 0) is 33.8 Å². The minimum absolute atomic E-state index is 0.0900. The number of methoxy groups -OCH3 is 1. The number of fused-ring (bicyclic) bond motifs is 5. The molecule has 0 unspecified atom stereocenters. The van der Waals surface area contributed by atoms with Crippen molar-refractivity contribution in [2.24, 2.45) is 0 Å². The number of carbonyl (C=O) groups is 3. The highest BCUT2D eigenvalue weighted by Gasteiger charge is 2.27. The molecule has 2 N–H and O–H groups in total. The largest absolute Gasteiger partial charge is 0.493 e. The van der Waals surface area contributed by atoms with Crippen LogP contribution >= 0.6 is 0 Å². The summed E-state index contributed by atoms with van der Waals surface area (Å²) in [6.45, 7) is 5.44. The number of ether oxygens (including phenoxy) is 3. The van der Waals surface area contributed by atoms with Gasteiger partial charge in [0.2, 0.25) is 17.7 Å². The van der Waals surface area contributed by atoms with Crippen LogP contribution < -0.4 is 20.1 Å². The summed E-state index contributed by atoms with van der Waals surface area (Å²) < 4.78 is 28.8. The maximum atomic E-state index is 13.8. The van der Waals surface area contributed by atoms with Crippen molar-refractivity contribution >= 4 is 17.7 Å². The third-order valence-corrected chi connectivity index (χ3v) is 8.50. The van der Waals surface area contributed by atoms with Gasteiger partial charge in [0.25, 0.3) is 5.91 Å². The molecule has 4 aromatic rings. The lowest BCUT2D eigenvalue weighted by molar-refractivity contribution is -0.129. The van der Waals surface area contributed by atoms with Crippen molar-refractivity contribution in [3.8, 4) is 23.0 Å². The minimum atomic E-state index is -0.904. The first-order valence-corrected chi connectivity index (χ1v) is 16.4. The van der Waals surface area contributed by atoms with E-state index in [0.29, 0.717) is 71.9 Å². The van der Waals surface area contributed by atoms with Crippen LogP contribution in [0, 0.1) is 6.92 Å². The molecule has 2 aliphatic heterocycles. The SMILES string of the molecule is COc1ccc2cc1OCCCN(C(=O)c1coc(CN3CCOCC3)c1)CC(=O)N[C@H](Cc1ccccc1)C(=O)NCc1nc-2oc1C. The molecule has 2 aromatic carbocycles. The number of hydrogen-bond donors (Lipinski definition) is 2. The van der Waals surface area contributed by atoms with E-state index in [1.807, 2.05) is 36.4 Å². The predicted molar refractivity (Wildman–Crippen MR) is 178 cm³/mol. The zero-order valence-corrected chi connectivity index (χ0v) is 27.7. The van der Waals surface area contributed by atoms with E-state index in [-0.39, 0.29) is 44.5 Å². The van der Waals surface area contributed by atoms with E-state index in [2.05, 4.69) is 20.5 Å². The summed E-state index contributed by atoms with van der Waals surface area (Å²) in [5.74, 6) is 1.36. The molecule has 49 heavy (non-hydrogen) atoms. The lowest BCUT2D eigenvalue weighted by Crippen LogP contribution is -2.51. The summed E-state index contributed by atoms with van der Waals surface area (Å²) in [5.41, 5.74) is 2.44. The van der Waals surface area contributed by atoms with E-state index in [4.69, 9.17) is 23.0 Å². The number of rotatable bonds is 6. The Morgan fingerprint density at radius 3 is 2.65 bits per heavy atom. The first-order chi connectivity index (χ1) is 23.9. The number of carbonyl (C=O) groups excluding carboxylic acids is 3. The van der Waals surface area contributed by atoms with Crippen molar-refractivity contribution in [1.82, 2.24) is 25.4 Å². The van der Waals surface area contributed by atoms with Gasteiger partial charge in [0, 0.05) is 31.6 Å². The van der Waals surface area contributed by atoms with Crippen molar-refractivity contribution in [1.29, 1.82) is 0 Å². The molecular weight excluding hydrogens is 630 g/mol. The van der Waals surface area contributed by atoms with Gasteiger partial charge in [-0.15, -0.1) is 0 Å². The number of hydrogen-bond acceptors (Lipinski definition) is 10. The molecule has 6 rings (SSSR count). The molecule has 1 atom stereocenters. The smallest absolute Gasteiger partial charge is 0.257 e. The fourth-order valence-corrected chi connectivity index (χ4v) is 5.83. The predicted octanol–water partition coefficient (Wildman–Crippen LogP) is 3.35. The van der Waals surface area contributed by atoms with Crippen LogP contribution in [0.3, 0.4) is 0 Å². The Bertz CT molecular complexity index is 1750. The molecule has 1 saturated heterocycles. The zero-order valence-electron chi connectivity index (χ0n) is 27.7. The molecule has 0 saturated carbocycles. The van der Waals surface area contributed by atoms with Gasteiger partial charge in [-0.2, -0.15) is 0 Å². The molecule has 3 amide bonds. The number of oxazole rings is 1. The molecule has 2 aromatic heterocycles. The van der Waals surface area contributed by atoms with Crippen LogP contribution in [0.5, 0.6) is 11.5 Å². The fourth-order valence-electron chi connectivity index (χ4n) is 5.83. The van der Waals surface area contributed by atoms with Gasteiger partial charge in [0.1, 0.15) is 29.5 Å². The fraction of sp³-hybridized carbons (Fsp3) is 0.389. The lowest BCUT2D eigenvalue weighted by Gasteiger charge is -2.25. The number of aryl methyl sites for hydroxylation is 1. The van der Waals surface area contributed by atoms with Crippen LogP contribution in [-0.4, -0.2) is 91.7 Å². The Morgan fingerprint density at radius 1 is 1.04 bits per heavy atom. The summed E-state index contributed by atoms with van der Waals surface area (Å²) >= 11 is 0. The van der Waals surface area contributed by atoms with Crippen molar-refractivity contribution in [3.63, 3.8) is 0 Å². The molecule has 0 radical (unpaired) electrons. The number of amides is 3. The Morgan fingerprint density at radius 2 is 1.86 bits per heavy atom. The average Bonchev–Trinajstić information content (AvgIpc) is 3.74. The van der Waals surface area contributed by atoms with Crippen molar-refractivity contribution in [2.75, 3.05) is 53.1 Å². The molecule has 0 spiro atoms. The molecule has 4 heterocycles. The second kappa shape index (κ2) is 15.8. The van der Waals surface area contributed by atoms with Gasteiger partial charge >= 0.3 is 0 Å². The molecule has 258 valence electrons. The molecule has 1 fully saturated rings. The number of furan rings is 1. The summed E-state index contributed by atoms with van der Waals surface area (Å²) in [5, 5.41) is 5.78. The Labute approximate surface area is 284 Å². The average molecular weight is 672 g/mol. The van der Waals surface area contributed by atoms with Crippen LogP contribution in [0.25, 0.3) is 11.5 Å². The quantitative estimate of drug-likeness (QED) is 0.313. The van der Waals surface area contributed by atoms with Gasteiger partial charge in [-0.1, -0.05) is 30.3 Å². The molecule has 0 aliphatic carbocycles. The van der Waals surface area contributed by atoms with Crippen LogP contribution in [0.15, 0.2) is 69.7 Å². The van der Waals surface area contributed by atoms with Gasteiger partial charge in [0.15, 0.2) is 11.5 Å². The summed E-state index contributed by atoms with van der Waals surface area (Å²) in [6.07, 6.45) is 2.08. The van der Waals surface area contributed by atoms with E-state index in [1.165, 1.54) is 11.2 Å². The van der Waals surface area contributed by atoms with E-state index in [1.54, 1.807) is 32.2 Å². The summed E-state index contributed by atoms with van der Waals surface area (Å²) in [4.78, 5) is 49.3. The van der Waals surface area contributed by atoms with E-state index in [9.17, 15) is 14.4 Å². The first-order valence-electron chi connectivity index (χ1n) is 16.4. The molecule has 4 bridgehead atoms. The summed E-state index contributed by atoms with van der Waals surface area (Å²) in [6, 6.07) is 15.6. The van der Waals surface area contributed by atoms with E-state index in [0.717, 1.165) is 18.7 Å². The van der Waals surface area contributed by atoms with Crippen LogP contribution in [0.2, 0.25) is 0 Å². The highest BCUT2D eigenvalue weighted by atomic mass is 16.5. The number of nitrogens with zero attached hydrogens (tertiary/aromatic N) is 3. The van der Waals surface area contributed by atoms with Gasteiger partial charge in [-0.3, -0.25) is 19.3 Å². The minimum Gasteiger partial charge on any atom is -0.493 e. The number of morpholine rings is 1. The van der Waals surface area contributed by atoms with Crippen molar-refractivity contribution in [2.45, 2.75) is 38.9 Å². The van der Waals surface area contributed by atoms with Gasteiger partial charge in [-0.05, 0) is 43.2 Å². The lowest BCUT2D eigenvalue weighted by atomic mass is 10.0. The van der Waals surface area contributed by atoms with E-state index >= 15 is 0 Å². The van der Waals surface area contributed by atoms with Gasteiger partial charge in [0.05, 0.1) is 52.1 Å². The third-order valence-electron chi connectivity index (χ3n) is 8.50. The Hall–Kier alpha value is -5.14. The number of nitrogens with one attached hydrogen (secondary N) is 2. The number of aromatic nitrogens is 1. The van der Waals surface area contributed by atoms with E-state index < -0.39 is 11.9 Å². The van der Waals surface area contributed by atoms with Crippen molar-refractivity contribution < 1.29 is 37.4 Å². The second-order valence-corrected chi connectivity index (χ2v) is 12.0. The number of benzene rings is 2. The topological polar surface area (TPSA) is 149 Å². The van der Waals surface area contributed by atoms with Crippen LogP contribution in [0.1, 0.15) is 39.6 Å². The molecule has 13 heteroatoms. The Kier molecular flexibility index (Phi) is 10.9. The Balaban J connectivity index is 1.26. The second-order valence-electron chi connectivity index (χ2n) is 12.0. The summed E-state index contributed by atoms with van der Waals surface area (Å²) in [7, 11) is 1.55. The van der Waals surface area contributed by atoms with Gasteiger partial charge < -0.3 is 38.6 Å². The zero-order chi connectivity index (χ0) is 34.2.